The number of hydrazine groups is 1. The summed E-state index contributed by atoms with van der Waals surface area (Å²) in [6.07, 6.45) is 0.911. The molecule has 0 fully saturated rings. The van der Waals surface area contributed by atoms with E-state index in [4.69, 9.17) is 5.84 Å². The van der Waals surface area contributed by atoms with E-state index in [-0.39, 0.29) is 6.04 Å². The minimum absolute atomic E-state index is 0.152. The first-order chi connectivity index (χ1) is 8.63. The average Bonchev–Trinajstić information content (AvgIpc) is 2.76. The van der Waals surface area contributed by atoms with E-state index in [0.717, 1.165) is 10.9 Å². The highest BCUT2D eigenvalue weighted by atomic mass is 79.9. The predicted molar refractivity (Wildman–Crippen MR) is 81.7 cm³/mol. The molecule has 0 aliphatic heterocycles. The van der Waals surface area contributed by atoms with Gasteiger partial charge in [-0.3, -0.25) is 11.3 Å². The van der Waals surface area contributed by atoms with Crippen LogP contribution in [0.15, 0.2) is 34.1 Å². The van der Waals surface area contributed by atoms with Crippen molar-refractivity contribution in [3.05, 3.63) is 55.7 Å². The lowest BCUT2D eigenvalue weighted by Gasteiger charge is -2.18. The molecule has 0 amide bonds. The predicted octanol–water partition coefficient (Wildman–Crippen LogP) is 3.87. The van der Waals surface area contributed by atoms with Crippen molar-refractivity contribution < 1.29 is 0 Å². The van der Waals surface area contributed by atoms with Crippen molar-refractivity contribution >= 4 is 27.3 Å². The van der Waals surface area contributed by atoms with E-state index in [1.807, 2.05) is 0 Å². The number of hydrogen-bond donors (Lipinski definition) is 2. The molecule has 1 aromatic carbocycles. The second-order valence-corrected chi connectivity index (χ2v) is 6.23. The van der Waals surface area contributed by atoms with Crippen LogP contribution in [-0.4, -0.2) is 0 Å². The lowest BCUT2D eigenvalue weighted by atomic mass is 9.96. The third-order valence-corrected chi connectivity index (χ3v) is 5.20. The van der Waals surface area contributed by atoms with Crippen LogP contribution in [0.25, 0.3) is 0 Å². The molecular formula is C14H17BrN2S. The molecule has 4 heteroatoms. The Bertz CT molecular complexity index is 516. The summed E-state index contributed by atoms with van der Waals surface area (Å²) in [5, 5.41) is 2.08. The van der Waals surface area contributed by atoms with E-state index in [9.17, 15) is 0 Å². The van der Waals surface area contributed by atoms with Crippen molar-refractivity contribution in [2.75, 3.05) is 0 Å². The van der Waals surface area contributed by atoms with E-state index >= 15 is 0 Å². The first-order valence-corrected chi connectivity index (χ1v) is 7.55. The number of nitrogens with one attached hydrogen (secondary N) is 1. The molecule has 18 heavy (non-hydrogen) atoms. The van der Waals surface area contributed by atoms with Gasteiger partial charge in [0.1, 0.15) is 0 Å². The second kappa shape index (κ2) is 5.97. The van der Waals surface area contributed by atoms with Gasteiger partial charge in [-0.05, 0) is 64.3 Å². The molecule has 96 valence electrons. The van der Waals surface area contributed by atoms with E-state index in [2.05, 4.69) is 64.8 Å². The molecule has 1 heterocycles. The molecule has 0 aliphatic rings. The Labute approximate surface area is 120 Å². The number of thiophene rings is 1. The molecule has 0 saturated carbocycles. The fourth-order valence-electron chi connectivity index (χ4n) is 2.16. The van der Waals surface area contributed by atoms with Crippen molar-refractivity contribution in [3.8, 4) is 0 Å². The molecule has 0 saturated heterocycles. The number of rotatable bonds is 4. The summed E-state index contributed by atoms with van der Waals surface area (Å²) >= 11 is 5.30. The number of aryl methyl sites for hydroxylation is 2. The number of halogens is 1. The zero-order valence-corrected chi connectivity index (χ0v) is 12.9. The molecule has 0 spiro atoms. The quantitative estimate of drug-likeness (QED) is 0.661. The minimum atomic E-state index is 0.152. The zero-order valence-electron chi connectivity index (χ0n) is 10.5. The van der Waals surface area contributed by atoms with Crippen molar-refractivity contribution in [2.45, 2.75) is 26.3 Å². The van der Waals surface area contributed by atoms with E-state index < -0.39 is 0 Å². The molecule has 2 aromatic rings. The number of hydrogen-bond acceptors (Lipinski definition) is 3. The fourth-order valence-corrected chi connectivity index (χ4v) is 3.87. The van der Waals surface area contributed by atoms with Gasteiger partial charge in [0.2, 0.25) is 0 Å². The Morgan fingerprint density at radius 2 is 1.94 bits per heavy atom. The van der Waals surface area contributed by atoms with Crippen LogP contribution in [0.2, 0.25) is 0 Å². The van der Waals surface area contributed by atoms with Crippen molar-refractivity contribution in [1.29, 1.82) is 0 Å². The third kappa shape index (κ3) is 2.83. The highest BCUT2D eigenvalue weighted by Gasteiger charge is 2.17. The maximum Gasteiger partial charge on any atom is 0.0605 e. The molecule has 0 aliphatic carbocycles. The fraction of sp³-hybridized carbons (Fsp3) is 0.286. The standard InChI is InChI=1S/C14H17BrN2S/c1-9-4-3-5-10(2)11(9)8-13(17-16)14-12(15)6-7-18-14/h3-7,13,17H,8,16H2,1-2H3. The third-order valence-electron chi connectivity index (χ3n) is 3.22. The second-order valence-electron chi connectivity index (χ2n) is 4.43. The van der Waals surface area contributed by atoms with Crippen LogP contribution in [-0.2, 0) is 6.42 Å². The van der Waals surface area contributed by atoms with Gasteiger partial charge in [0.15, 0.2) is 0 Å². The van der Waals surface area contributed by atoms with Gasteiger partial charge in [0, 0.05) is 9.35 Å². The van der Waals surface area contributed by atoms with Crippen LogP contribution in [0.1, 0.15) is 27.6 Å². The van der Waals surface area contributed by atoms with Crippen LogP contribution in [0.3, 0.4) is 0 Å². The topological polar surface area (TPSA) is 38.0 Å². The summed E-state index contributed by atoms with van der Waals surface area (Å²) in [7, 11) is 0. The summed E-state index contributed by atoms with van der Waals surface area (Å²) in [5.41, 5.74) is 6.95. The minimum Gasteiger partial charge on any atom is -0.271 e. The van der Waals surface area contributed by atoms with Crippen LogP contribution in [0.5, 0.6) is 0 Å². The van der Waals surface area contributed by atoms with E-state index in [1.54, 1.807) is 11.3 Å². The molecule has 1 aromatic heterocycles. The first kappa shape index (κ1) is 13.7. The Balaban J connectivity index is 2.29. The molecule has 2 nitrogen and oxygen atoms in total. The maximum absolute atomic E-state index is 5.72. The molecule has 3 N–H and O–H groups in total. The van der Waals surface area contributed by atoms with Crippen LogP contribution >= 0.6 is 27.3 Å². The summed E-state index contributed by atoms with van der Waals surface area (Å²) in [4.78, 5) is 1.25. The summed E-state index contributed by atoms with van der Waals surface area (Å²) in [6.45, 7) is 4.30. The molecule has 1 unspecified atom stereocenters. The molecular weight excluding hydrogens is 308 g/mol. The Morgan fingerprint density at radius 3 is 2.44 bits per heavy atom. The van der Waals surface area contributed by atoms with Gasteiger partial charge in [0.05, 0.1) is 6.04 Å². The van der Waals surface area contributed by atoms with E-state index in [0.29, 0.717) is 0 Å². The van der Waals surface area contributed by atoms with Crippen LogP contribution in [0.4, 0.5) is 0 Å². The van der Waals surface area contributed by atoms with E-state index in [1.165, 1.54) is 21.6 Å². The van der Waals surface area contributed by atoms with Gasteiger partial charge >= 0.3 is 0 Å². The Morgan fingerprint density at radius 1 is 1.28 bits per heavy atom. The van der Waals surface area contributed by atoms with Gasteiger partial charge < -0.3 is 0 Å². The monoisotopic (exact) mass is 324 g/mol. The zero-order chi connectivity index (χ0) is 13.1. The summed E-state index contributed by atoms with van der Waals surface area (Å²) in [5.74, 6) is 5.72. The Hall–Kier alpha value is -0.680. The summed E-state index contributed by atoms with van der Waals surface area (Å²) in [6, 6.07) is 8.62. The lowest BCUT2D eigenvalue weighted by molar-refractivity contribution is 0.556. The highest BCUT2D eigenvalue weighted by molar-refractivity contribution is 9.10. The smallest absolute Gasteiger partial charge is 0.0605 e. The van der Waals surface area contributed by atoms with Gasteiger partial charge in [-0.15, -0.1) is 11.3 Å². The highest BCUT2D eigenvalue weighted by Crippen LogP contribution is 2.31. The van der Waals surface area contributed by atoms with Crippen molar-refractivity contribution in [2.24, 2.45) is 5.84 Å². The number of benzene rings is 1. The van der Waals surface area contributed by atoms with Gasteiger partial charge in [-0.2, -0.15) is 0 Å². The molecule has 0 radical (unpaired) electrons. The van der Waals surface area contributed by atoms with Crippen molar-refractivity contribution in [1.82, 2.24) is 5.43 Å². The molecule has 0 bridgehead atoms. The average molecular weight is 325 g/mol. The van der Waals surface area contributed by atoms with Gasteiger partial charge in [-0.25, -0.2) is 0 Å². The van der Waals surface area contributed by atoms with Crippen LogP contribution in [0, 0.1) is 13.8 Å². The largest absolute Gasteiger partial charge is 0.271 e. The molecule has 2 rings (SSSR count). The normalized spacial score (nSPS) is 12.7. The van der Waals surface area contributed by atoms with Gasteiger partial charge in [0.25, 0.3) is 0 Å². The van der Waals surface area contributed by atoms with Crippen molar-refractivity contribution in [3.63, 3.8) is 0 Å². The molecule has 1 atom stereocenters. The summed E-state index contributed by atoms with van der Waals surface area (Å²) < 4.78 is 1.13. The lowest BCUT2D eigenvalue weighted by Crippen LogP contribution is -2.29. The van der Waals surface area contributed by atoms with Crippen LogP contribution < -0.4 is 11.3 Å². The maximum atomic E-state index is 5.72. The number of nitrogens with two attached hydrogens (primary N) is 1. The SMILES string of the molecule is Cc1cccc(C)c1CC(NN)c1sccc1Br. The first-order valence-electron chi connectivity index (χ1n) is 5.87. The Kier molecular flexibility index (Phi) is 4.56. The van der Waals surface area contributed by atoms with Gasteiger partial charge in [-0.1, -0.05) is 18.2 Å².